The second kappa shape index (κ2) is 8.98. The Bertz CT molecular complexity index is 1150. The van der Waals surface area contributed by atoms with Gasteiger partial charge in [-0.15, -0.1) is 21.5 Å². The molecule has 2 aromatic heterocycles. The average Bonchev–Trinajstić information content (AvgIpc) is 3.16. The molecule has 0 spiro atoms. The van der Waals surface area contributed by atoms with Gasteiger partial charge in [-0.05, 0) is 68.3 Å². The zero-order valence-electron chi connectivity index (χ0n) is 17.5. The molecule has 0 bridgehead atoms. The molecule has 2 heterocycles. The van der Waals surface area contributed by atoms with E-state index in [4.69, 9.17) is 9.72 Å². The van der Waals surface area contributed by atoms with Crippen molar-refractivity contribution in [1.29, 1.82) is 0 Å². The van der Waals surface area contributed by atoms with Crippen molar-refractivity contribution >= 4 is 23.1 Å². The van der Waals surface area contributed by atoms with Gasteiger partial charge in [0.15, 0.2) is 0 Å². The first-order valence-corrected chi connectivity index (χ1v) is 11.5. The molecule has 0 fully saturated rings. The van der Waals surface area contributed by atoms with Crippen molar-refractivity contribution in [3.05, 3.63) is 77.0 Å². The zero-order chi connectivity index (χ0) is 21.1. The summed E-state index contributed by atoms with van der Waals surface area (Å²) in [5.41, 5.74) is 6.84. The van der Waals surface area contributed by atoms with Crippen molar-refractivity contribution in [1.82, 2.24) is 15.2 Å². The summed E-state index contributed by atoms with van der Waals surface area (Å²) < 4.78 is 5.24. The summed E-state index contributed by atoms with van der Waals surface area (Å²) >= 11 is 3.35. The minimum absolute atomic E-state index is 0.840. The fourth-order valence-electron chi connectivity index (χ4n) is 3.12. The molecule has 6 heteroatoms. The van der Waals surface area contributed by atoms with Gasteiger partial charge in [0.1, 0.15) is 21.5 Å². The number of benzene rings is 2. The van der Waals surface area contributed by atoms with Gasteiger partial charge in [-0.25, -0.2) is 4.98 Å². The third-order valence-corrected chi connectivity index (χ3v) is 7.08. The van der Waals surface area contributed by atoms with Crippen LogP contribution in [-0.2, 0) is 5.75 Å². The van der Waals surface area contributed by atoms with Crippen LogP contribution >= 0.6 is 23.1 Å². The Labute approximate surface area is 185 Å². The van der Waals surface area contributed by atoms with E-state index in [0.717, 1.165) is 43.4 Å². The summed E-state index contributed by atoms with van der Waals surface area (Å²) in [5, 5.41) is 10.8. The van der Waals surface area contributed by atoms with Crippen LogP contribution in [0.2, 0.25) is 0 Å². The van der Waals surface area contributed by atoms with E-state index in [9.17, 15) is 0 Å². The summed E-state index contributed by atoms with van der Waals surface area (Å²) in [4.78, 5) is 5.79. The Morgan fingerprint density at radius 3 is 2.43 bits per heavy atom. The summed E-state index contributed by atoms with van der Waals surface area (Å²) in [5.74, 6) is 1.73. The van der Waals surface area contributed by atoms with Crippen LogP contribution in [0.25, 0.3) is 21.1 Å². The normalized spacial score (nSPS) is 10.9. The lowest BCUT2D eigenvalue weighted by Crippen LogP contribution is -1.91. The van der Waals surface area contributed by atoms with Crippen molar-refractivity contribution in [2.75, 3.05) is 7.11 Å². The molecule has 0 radical (unpaired) electrons. The predicted octanol–water partition coefficient (Wildman–Crippen LogP) is 6.49. The monoisotopic (exact) mass is 433 g/mol. The molecule has 0 aliphatic heterocycles. The molecule has 0 aliphatic rings. The molecule has 0 saturated heterocycles. The van der Waals surface area contributed by atoms with E-state index in [-0.39, 0.29) is 0 Å². The highest BCUT2D eigenvalue weighted by Crippen LogP contribution is 2.35. The average molecular weight is 434 g/mol. The number of nitrogens with zero attached hydrogens (tertiary/aromatic N) is 3. The molecule has 2 aromatic carbocycles. The summed E-state index contributed by atoms with van der Waals surface area (Å²) in [6, 6.07) is 18.6. The highest BCUT2D eigenvalue weighted by Gasteiger charge is 2.13. The maximum Gasteiger partial charge on any atom is 0.124 e. The number of aryl methyl sites for hydroxylation is 3. The molecule has 152 valence electrons. The summed E-state index contributed by atoms with van der Waals surface area (Å²) in [6.45, 7) is 6.29. The summed E-state index contributed by atoms with van der Waals surface area (Å²) in [7, 11) is 1.67. The Balaban J connectivity index is 1.50. The molecule has 4 aromatic rings. The number of hydrogen-bond acceptors (Lipinski definition) is 6. The molecule has 0 N–H and O–H groups in total. The standard InChI is InChI=1S/C24H23N3OS2/c1-15-5-6-16(2)19(13-15)14-29-22-12-11-21(26-27-22)23-17(3)25-24(30-23)18-7-9-20(28-4)10-8-18/h5-13H,14H2,1-4H3. The Kier molecular flexibility index (Phi) is 6.16. The lowest BCUT2D eigenvalue weighted by atomic mass is 10.1. The van der Waals surface area contributed by atoms with Crippen LogP contribution in [0, 0.1) is 20.8 Å². The number of ether oxygens (including phenoxy) is 1. The van der Waals surface area contributed by atoms with Gasteiger partial charge < -0.3 is 4.74 Å². The maximum absolute atomic E-state index is 5.24. The fraction of sp³-hybridized carbons (Fsp3) is 0.208. The van der Waals surface area contributed by atoms with Gasteiger partial charge >= 0.3 is 0 Å². The lowest BCUT2D eigenvalue weighted by molar-refractivity contribution is 0.415. The highest BCUT2D eigenvalue weighted by atomic mass is 32.2. The van der Waals surface area contributed by atoms with E-state index in [2.05, 4.69) is 42.2 Å². The molecule has 0 atom stereocenters. The number of thiazole rings is 1. The molecule has 4 rings (SSSR count). The van der Waals surface area contributed by atoms with Crippen LogP contribution in [-0.4, -0.2) is 22.3 Å². The van der Waals surface area contributed by atoms with Crippen molar-refractivity contribution in [3.63, 3.8) is 0 Å². The number of rotatable bonds is 6. The van der Waals surface area contributed by atoms with Crippen molar-refractivity contribution in [3.8, 4) is 26.9 Å². The third-order valence-electron chi connectivity index (χ3n) is 4.89. The molecule has 4 nitrogen and oxygen atoms in total. The van der Waals surface area contributed by atoms with Gasteiger partial charge in [0.05, 0.1) is 17.7 Å². The van der Waals surface area contributed by atoms with Crippen LogP contribution in [0.1, 0.15) is 22.4 Å². The molecular formula is C24H23N3OS2. The molecule has 0 amide bonds. The van der Waals surface area contributed by atoms with Gasteiger partial charge in [-0.2, -0.15) is 0 Å². The van der Waals surface area contributed by atoms with Gasteiger partial charge in [-0.3, -0.25) is 0 Å². The summed E-state index contributed by atoms with van der Waals surface area (Å²) in [6.07, 6.45) is 0. The number of thioether (sulfide) groups is 1. The molecule has 30 heavy (non-hydrogen) atoms. The van der Waals surface area contributed by atoms with Crippen LogP contribution in [0.15, 0.2) is 59.6 Å². The molecule has 0 unspecified atom stereocenters. The smallest absolute Gasteiger partial charge is 0.124 e. The molecule has 0 saturated carbocycles. The first-order chi connectivity index (χ1) is 14.5. The van der Waals surface area contributed by atoms with E-state index >= 15 is 0 Å². The zero-order valence-corrected chi connectivity index (χ0v) is 19.1. The minimum atomic E-state index is 0.840. The van der Waals surface area contributed by atoms with E-state index in [1.807, 2.05) is 43.3 Å². The minimum Gasteiger partial charge on any atom is -0.497 e. The molecular weight excluding hydrogens is 410 g/mol. The topological polar surface area (TPSA) is 47.9 Å². The van der Waals surface area contributed by atoms with Crippen molar-refractivity contribution < 1.29 is 4.74 Å². The Morgan fingerprint density at radius 1 is 0.933 bits per heavy atom. The van der Waals surface area contributed by atoms with Crippen LogP contribution in [0.4, 0.5) is 0 Å². The number of methoxy groups -OCH3 is 1. The van der Waals surface area contributed by atoms with E-state index in [1.54, 1.807) is 30.2 Å². The Hall–Kier alpha value is -2.70. The second-order valence-corrected chi connectivity index (χ2v) is 9.13. The van der Waals surface area contributed by atoms with Crippen molar-refractivity contribution in [2.24, 2.45) is 0 Å². The molecule has 0 aliphatic carbocycles. The number of aromatic nitrogens is 3. The first kappa shape index (κ1) is 20.6. The van der Waals surface area contributed by atoms with Crippen LogP contribution < -0.4 is 4.74 Å². The van der Waals surface area contributed by atoms with E-state index < -0.39 is 0 Å². The quantitative estimate of drug-likeness (QED) is 0.325. The van der Waals surface area contributed by atoms with E-state index in [0.29, 0.717) is 0 Å². The van der Waals surface area contributed by atoms with Gasteiger partial charge in [0.25, 0.3) is 0 Å². The van der Waals surface area contributed by atoms with Gasteiger partial charge in [0, 0.05) is 11.3 Å². The third kappa shape index (κ3) is 4.55. The predicted molar refractivity (Wildman–Crippen MR) is 125 cm³/mol. The van der Waals surface area contributed by atoms with Crippen molar-refractivity contribution in [2.45, 2.75) is 31.6 Å². The maximum atomic E-state index is 5.24. The SMILES string of the molecule is COc1ccc(-c2nc(C)c(-c3ccc(SCc4cc(C)ccc4C)nn3)s2)cc1. The fourth-order valence-corrected chi connectivity index (χ4v) is 5.03. The number of hydrogen-bond donors (Lipinski definition) is 0. The van der Waals surface area contributed by atoms with Gasteiger partial charge in [-0.1, -0.05) is 35.5 Å². The lowest BCUT2D eigenvalue weighted by Gasteiger charge is -2.06. The van der Waals surface area contributed by atoms with Crippen LogP contribution in [0.3, 0.4) is 0 Å². The second-order valence-electron chi connectivity index (χ2n) is 7.14. The first-order valence-electron chi connectivity index (χ1n) is 9.68. The largest absolute Gasteiger partial charge is 0.497 e. The van der Waals surface area contributed by atoms with E-state index in [1.165, 1.54) is 16.7 Å². The van der Waals surface area contributed by atoms with Gasteiger partial charge in [0.2, 0.25) is 0 Å². The van der Waals surface area contributed by atoms with Crippen LogP contribution in [0.5, 0.6) is 5.75 Å². The highest BCUT2D eigenvalue weighted by molar-refractivity contribution is 7.98. The Morgan fingerprint density at radius 2 is 1.73 bits per heavy atom.